The number of amides is 1. The first kappa shape index (κ1) is 15.3. The van der Waals surface area contributed by atoms with Crippen molar-refractivity contribution in [3.8, 4) is 0 Å². The molecule has 1 unspecified atom stereocenters. The van der Waals surface area contributed by atoms with E-state index in [4.69, 9.17) is 0 Å². The van der Waals surface area contributed by atoms with Crippen LogP contribution in [0.5, 0.6) is 0 Å². The fourth-order valence-electron chi connectivity index (χ4n) is 1.69. The number of nitrogens with zero attached hydrogens (tertiary/aromatic N) is 1. The maximum Gasteiger partial charge on any atom is 0.242 e. The number of halogens is 1. The van der Waals surface area contributed by atoms with E-state index >= 15 is 0 Å². The molecule has 108 valence electrons. The number of rotatable bonds is 3. The summed E-state index contributed by atoms with van der Waals surface area (Å²) < 4.78 is 2.10. The molecular formula is C14H18BrN3OS. The molecule has 0 aliphatic rings. The number of fused-ring (bicyclic) bond motifs is 1. The zero-order valence-electron chi connectivity index (χ0n) is 12.0. The van der Waals surface area contributed by atoms with Crippen LogP contribution < -0.4 is 10.6 Å². The molecule has 0 bridgehead atoms. The van der Waals surface area contributed by atoms with Gasteiger partial charge in [0, 0.05) is 10.0 Å². The molecule has 4 nitrogen and oxygen atoms in total. The van der Waals surface area contributed by atoms with Crippen LogP contribution in [0.25, 0.3) is 10.2 Å². The molecule has 1 atom stereocenters. The number of nitrogens with one attached hydrogen (secondary N) is 2. The highest BCUT2D eigenvalue weighted by molar-refractivity contribution is 9.10. The summed E-state index contributed by atoms with van der Waals surface area (Å²) in [4.78, 5) is 16.5. The zero-order chi connectivity index (χ0) is 14.9. The second-order valence-corrected chi connectivity index (χ2v) is 7.68. The molecule has 0 saturated carbocycles. The van der Waals surface area contributed by atoms with Crippen molar-refractivity contribution in [3.05, 3.63) is 22.7 Å². The second kappa shape index (κ2) is 5.69. The lowest BCUT2D eigenvalue weighted by atomic mass is 10.1. The van der Waals surface area contributed by atoms with Gasteiger partial charge < -0.3 is 10.6 Å². The fourth-order valence-corrected chi connectivity index (χ4v) is 2.97. The van der Waals surface area contributed by atoms with E-state index in [0.717, 1.165) is 19.8 Å². The molecule has 0 aliphatic heterocycles. The zero-order valence-corrected chi connectivity index (χ0v) is 14.4. The van der Waals surface area contributed by atoms with Crippen molar-refractivity contribution in [1.29, 1.82) is 0 Å². The average molecular weight is 356 g/mol. The lowest BCUT2D eigenvalue weighted by molar-refractivity contribution is -0.122. The molecule has 20 heavy (non-hydrogen) atoms. The van der Waals surface area contributed by atoms with Crippen molar-refractivity contribution in [2.45, 2.75) is 39.3 Å². The Balaban J connectivity index is 2.09. The highest BCUT2D eigenvalue weighted by atomic mass is 79.9. The van der Waals surface area contributed by atoms with Gasteiger partial charge >= 0.3 is 0 Å². The Bertz CT molecular complexity index is 633. The molecule has 6 heteroatoms. The van der Waals surface area contributed by atoms with Gasteiger partial charge in [-0.05, 0) is 45.9 Å². The Kier molecular flexibility index (Phi) is 4.34. The van der Waals surface area contributed by atoms with Gasteiger partial charge in [-0.25, -0.2) is 4.98 Å². The first-order chi connectivity index (χ1) is 9.24. The van der Waals surface area contributed by atoms with Gasteiger partial charge in [0.25, 0.3) is 0 Å². The predicted molar refractivity (Wildman–Crippen MR) is 88.3 cm³/mol. The van der Waals surface area contributed by atoms with Crippen LogP contribution in [0.2, 0.25) is 0 Å². The first-order valence-corrected chi connectivity index (χ1v) is 8.00. The third-order valence-electron chi connectivity index (χ3n) is 2.58. The predicted octanol–water partition coefficient (Wildman–Crippen LogP) is 3.77. The summed E-state index contributed by atoms with van der Waals surface area (Å²) >= 11 is 4.98. The van der Waals surface area contributed by atoms with Crippen LogP contribution in [-0.4, -0.2) is 22.5 Å². The Morgan fingerprint density at radius 1 is 1.40 bits per heavy atom. The minimum absolute atomic E-state index is 0.0297. The van der Waals surface area contributed by atoms with E-state index in [0.29, 0.717) is 0 Å². The van der Waals surface area contributed by atoms with Crippen molar-refractivity contribution >= 4 is 48.5 Å². The van der Waals surface area contributed by atoms with Crippen molar-refractivity contribution < 1.29 is 4.79 Å². The van der Waals surface area contributed by atoms with Gasteiger partial charge in [-0.1, -0.05) is 27.3 Å². The minimum atomic E-state index is -0.321. The average Bonchev–Trinajstić information content (AvgIpc) is 2.67. The van der Waals surface area contributed by atoms with Crippen molar-refractivity contribution in [1.82, 2.24) is 10.3 Å². The van der Waals surface area contributed by atoms with Crippen LogP contribution >= 0.6 is 27.3 Å². The Labute approximate surface area is 131 Å². The molecule has 0 spiro atoms. The van der Waals surface area contributed by atoms with Gasteiger partial charge in [0.15, 0.2) is 5.13 Å². The quantitative estimate of drug-likeness (QED) is 0.880. The van der Waals surface area contributed by atoms with Crippen molar-refractivity contribution in [3.63, 3.8) is 0 Å². The van der Waals surface area contributed by atoms with Crippen LogP contribution in [-0.2, 0) is 4.79 Å². The number of thiazole rings is 1. The summed E-state index contributed by atoms with van der Waals surface area (Å²) in [6.45, 7) is 7.73. The van der Waals surface area contributed by atoms with Crippen LogP contribution in [0.1, 0.15) is 27.7 Å². The largest absolute Gasteiger partial charge is 0.350 e. The van der Waals surface area contributed by atoms with E-state index < -0.39 is 0 Å². The van der Waals surface area contributed by atoms with E-state index in [9.17, 15) is 4.79 Å². The lowest BCUT2D eigenvalue weighted by Gasteiger charge is -2.23. The highest BCUT2D eigenvalue weighted by Gasteiger charge is 2.20. The van der Waals surface area contributed by atoms with Gasteiger partial charge in [0.05, 0.1) is 10.2 Å². The number of aromatic nitrogens is 1. The SMILES string of the molecule is CC(Nc1nc2cc(Br)ccc2s1)C(=O)NC(C)(C)C. The molecule has 1 aromatic carbocycles. The van der Waals surface area contributed by atoms with Gasteiger partial charge in [-0.2, -0.15) is 0 Å². The summed E-state index contributed by atoms with van der Waals surface area (Å²) in [5, 5.41) is 6.86. The Morgan fingerprint density at radius 2 is 2.10 bits per heavy atom. The smallest absolute Gasteiger partial charge is 0.242 e. The summed E-state index contributed by atoms with van der Waals surface area (Å²) in [6.07, 6.45) is 0. The van der Waals surface area contributed by atoms with E-state index in [2.05, 4.69) is 31.5 Å². The maximum absolute atomic E-state index is 12.0. The number of hydrogen-bond donors (Lipinski definition) is 2. The van der Waals surface area contributed by atoms with E-state index in [1.165, 1.54) is 0 Å². The lowest BCUT2D eigenvalue weighted by Crippen LogP contribution is -2.47. The molecular weight excluding hydrogens is 338 g/mol. The second-order valence-electron chi connectivity index (χ2n) is 5.74. The molecule has 0 aliphatic carbocycles. The summed E-state index contributed by atoms with van der Waals surface area (Å²) in [6, 6.07) is 5.65. The molecule has 1 aromatic heterocycles. The number of anilines is 1. The summed E-state index contributed by atoms with van der Waals surface area (Å²) in [5.41, 5.74) is 0.696. The van der Waals surface area contributed by atoms with E-state index in [-0.39, 0.29) is 17.5 Å². The van der Waals surface area contributed by atoms with Crippen molar-refractivity contribution in [2.24, 2.45) is 0 Å². The monoisotopic (exact) mass is 355 g/mol. The molecule has 2 rings (SSSR count). The third kappa shape index (κ3) is 3.93. The number of carbonyl (C=O) groups excluding carboxylic acids is 1. The molecule has 0 saturated heterocycles. The van der Waals surface area contributed by atoms with Gasteiger partial charge in [-0.3, -0.25) is 4.79 Å². The van der Waals surface area contributed by atoms with Gasteiger partial charge in [0.2, 0.25) is 5.91 Å². The fraction of sp³-hybridized carbons (Fsp3) is 0.429. The molecule has 2 aromatic rings. The van der Waals surface area contributed by atoms with Gasteiger partial charge in [0.1, 0.15) is 6.04 Å². The summed E-state index contributed by atoms with van der Waals surface area (Å²) in [7, 11) is 0. The minimum Gasteiger partial charge on any atom is -0.350 e. The summed E-state index contributed by atoms with van der Waals surface area (Å²) in [5.74, 6) is -0.0297. The molecule has 2 N–H and O–H groups in total. The van der Waals surface area contributed by atoms with Crippen LogP contribution in [0.3, 0.4) is 0 Å². The normalized spacial score (nSPS) is 13.2. The van der Waals surface area contributed by atoms with E-state index in [1.54, 1.807) is 11.3 Å². The molecule has 1 amide bonds. The molecule has 0 radical (unpaired) electrons. The third-order valence-corrected chi connectivity index (χ3v) is 4.04. The van der Waals surface area contributed by atoms with Crippen molar-refractivity contribution in [2.75, 3.05) is 5.32 Å². The Morgan fingerprint density at radius 3 is 2.75 bits per heavy atom. The van der Waals surface area contributed by atoms with Crippen LogP contribution in [0.15, 0.2) is 22.7 Å². The Hall–Kier alpha value is -1.14. The standard InChI is InChI=1S/C14H18BrN3OS/c1-8(12(19)18-14(2,3)4)16-13-17-10-7-9(15)5-6-11(10)20-13/h5-8H,1-4H3,(H,16,17)(H,18,19). The molecule has 1 heterocycles. The first-order valence-electron chi connectivity index (χ1n) is 6.39. The van der Waals surface area contributed by atoms with Crippen LogP contribution in [0.4, 0.5) is 5.13 Å². The van der Waals surface area contributed by atoms with Crippen LogP contribution in [0, 0.1) is 0 Å². The van der Waals surface area contributed by atoms with Gasteiger partial charge in [-0.15, -0.1) is 0 Å². The van der Waals surface area contributed by atoms with E-state index in [1.807, 2.05) is 45.9 Å². The highest BCUT2D eigenvalue weighted by Crippen LogP contribution is 2.28. The maximum atomic E-state index is 12.0. The topological polar surface area (TPSA) is 54.0 Å². The number of hydrogen-bond acceptors (Lipinski definition) is 4. The number of benzene rings is 1. The molecule has 0 fully saturated rings. The number of carbonyl (C=O) groups is 1.